The van der Waals surface area contributed by atoms with Crippen LogP contribution >= 0.6 is 35.3 Å². The van der Waals surface area contributed by atoms with Gasteiger partial charge in [-0.15, -0.1) is 35.3 Å². The van der Waals surface area contributed by atoms with Crippen molar-refractivity contribution in [3.63, 3.8) is 0 Å². The molecule has 1 aromatic carbocycles. The van der Waals surface area contributed by atoms with Crippen molar-refractivity contribution in [2.45, 2.75) is 25.3 Å². The number of hydrogen-bond acceptors (Lipinski definition) is 3. The maximum atomic E-state index is 4.38. The zero-order valence-electron chi connectivity index (χ0n) is 14.8. The predicted molar refractivity (Wildman–Crippen MR) is 120 cm³/mol. The Bertz CT molecular complexity index is 645. The van der Waals surface area contributed by atoms with Gasteiger partial charge in [0, 0.05) is 49.2 Å². The van der Waals surface area contributed by atoms with Gasteiger partial charge in [0.25, 0.3) is 0 Å². The Morgan fingerprint density at radius 3 is 2.76 bits per heavy atom. The normalized spacial score (nSPS) is 18.6. The van der Waals surface area contributed by atoms with Crippen molar-refractivity contribution in [3.05, 3.63) is 52.7 Å². The number of halogens is 1. The largest absolute Gasteiger partial charge is 0.369 e. The van der Waals surface area contributed by atoms with Gasteiger partial charge in [-0.25, -0.2) is 0 Å². The number of para-hydroxylation sites is 1. The summed E-state index contributed by atoms with van der Waals surface area (Å²) in [6, 6.07) is 15.4. The molecule has 1 aromatic heterocycles. The van der Waals surface area contributed by atoms with Crippen LogP contribution in [0.3, 0.4) is 0 Å². The molecule has 25 heavy (non-hydrogen) atoms. The highest BCUT2D eigenvalue weighted by atomic mass is 127. The summed E-state index contributed by atoms with van der Waals surface area (Å²) in [5.41, 5.74) is 1.30. The van der Waals surface area contributed by atoms with Crippen molar-refractivity contribution in [1.82, 2.24) is 10.6 Å². The Morgan fingerprint density at radius 2 is 2.08 bits per heavy atom. The highest BCUT2D eigenvalue weighted by molar-refractivity contribution is 14.0. The lowest BCUT2D eigenvalue weighted by Crippen LogP contribution is -2.45. The topological polar surface area (TPSA) is 39.7 Å². The van der Waals surface area contributed by atoms with Crippen LogP contribution < -0.4 is 15.5 Å². The number of nitrogens with zero attached hydrogens (tertiary/aromatic N) is 2. The molecule has 2 heterocycles. The van der Waals surface area contributed by atoms with Crippen LogP contribution in [0.25, 0.3) is 0 Å². The minimum Gasteiger partial charge on any atom is -0.369 e. The molecule has 1 aliphatic rings. The average molecular weight is 470 g/mol. The minimum absolute atomic E-state index is 0. The van der Waals surface area contributed by atoms with E-state index in [1.807, 2.05) is 18.4 Å². The summed E-state index contributed by atoms with van der Waals surface area (Å²) in [4.78, 5) is 8.22. The molecule has 1 aliphatic heterocycles. The number of thiophene rings is 1. The Morgan fingerprint density at radius 1 is 1.28 bits per heavy atom. The summed E-state index contributed by atoms with van der Waals surface area (Å²) in [6.45, 7) is 5.25. The molecule has 0 amide bonds. The van der Waals surface area contributed by atoms with Gasteiger partial charge in [0.1, 0.15) is 0 Å². The SMILES string of the molecule is CN=C(NCC(C)c1cccs1)NC1CCN(c2ccccc2)C1.I. The van der Waals surface area contributed by atoms with Crippen LogP contribution in [0.1, 0.15) is 24.1 Å². The van der Waals surface area contributed by atoms with E-state index in [2.05, 4.69) is 75.3 Å². The van der Waals surface area contributed by atoms with Crippen LogP contribution in [-0.4, -0.2) is 38.7 Å². The molecule has 0 radical (unpaired) electrons. The molecule has 3 rings (SSSR count). The smallest absolute Gasteiger partial charge is 0.191 e. The molecule has 2 atom stereocenters. The molecular weight excluding hydrogens is 443 g/mol. The molecule has 4 nitrogen and oxygen atoms in total. The van der Waals surface area contributed by atoms with Gasteiger partial charge in [-0.05, 0) is 30.0 Å². The molecule has 1 saturated heterocycles. The number of hydrogen-bond donors (Lipinski definition) is 2. The van der Waals surface area contributed by atoms with Gasteiger partial charge in [0.05, 0.1) is 0 Å². The molecule has 0 saturated carbocycles. The molecule has 0 bridgehead atoms. The molecule has 2 aromatic rings. The van der Waals surface area contributed by atoms with Crippen LogP contribution in [0.5, 0.6) is 0 Å². The van der Waals surface area contributed by atoms with Crippen molar-refractivity contribution < 1.29 is 0 Å². The van der Waals surface area contributed by atoms with Gasteiger partial charge in [0.15, 0.2) is 5.96 Å². The van der Waals surface area contributed by atoms with E-state index in [9.17, 15) is 0 Å². The van der Waals surface area contributed by atoms with Crippen molar-refractivity contribution >= 4 is 47.0 Å². The quantitative estimate of drug-likeness (QED) is 0.396. The molecule has 2 N–H and O–H groups in total. The van der Waals surface area contributed by atoms with Gasteiger partial charge in [0.2, 0.25) is 0 Å². The minimum atomic E-state index is 0. The summed E-state index contributed by atoms with van der Waals surface area (Å²) in [6.07, 6.45) is 1.13. The molecule has 136 valence electrons. The van der Waals surface area contributed by atoms with E-state index in [4.69, 9.17) is 0 Å². The lowest BCUT2D eigenvalue weighted by molar-refractivity contribution is 0.636. The summed E-state index contributed by atoms with van der Waals surface area (Å²) in [5.74, 6) is 1.39. The van der Waals surface area contributed by atoms with Gasteiger partial charge in [-0.1, -0.05) is 31.2 Å². The van der Waals surface area contributed by atoms with E-state index in [0.29, 0.717) is 12.0 Å². The second-order valence-corrected chi connectivity index (χ2v) is 7.26. The van der Waals surface area contributed by atoms with Gasteiger partial charge >= 0.3 is 0 Å². The van der Waals surface area contributed by atoms with Gasteiger partial charge < -0.3 is 15.5 Å². The van der Waals surface area contributed by atoms with E-state index in [1.165, 1.54) is 10.6 Å². The zero-order chi connectivity index (χ0) is 16.8. The van der Waals surface area contributed by atoms with Crippen LogP contribution in [0.15, 0.2) is 52.8 Å². The molecule has 6 heteroatoms. The van der Waals surface area contributed by atoms with Crippen LogP contribution in [0, 0.1) is 0 Å². The highest BCUT2D eigenvalue weighted by Gasteiger charge is 2.23. The second-order valence-electron chi connectivity index (χ2n) is 6.28. The van der Waals surface area contributed by atoms with Crippen LogP contribution in [0.4, 0.5) is 5.69 Å². The lowest BCUT2D eigenvalue weighted by Gasteiger charge is -2.21. The summed E-state index contributed by atoms with van der Waals surface area (Å²) < 4.78 is 0. The molecule has 2 unspecified atom stereocenters. The first-order chi connectivity index (χ1) is 11.8. The maximum absolute atomic E-state index is 4.38. The zero-order valence-corrected chi connectivity index (χ0v) is 18.0. The summed E-state index contributed by atoms with van der Waals surface area (Å²) >= 11 is 1.81. The van der Waals surface area contributed by atoms with E-state index in [0.717, 1.165) is 32.0 Å². The van der Waals surface area contributed by atoms with E-state index < -0.39 is 0 Å². The predicted octanol–water partition coefficient (Wildman–Crippen LogP) is 3.91. The van der Waals surface area contributed by atoms with Crippen molar-refractivity contribution in [1.29, 1.82) is 0 Å². The summed E-state index contributed by atoms with van der Waals surface area (Å²) in [5, 5.41) is 9.17. The molecule has 0 aliphatic carbocycles. The van der Waals surface area contributed by atoms with Gasteiger partial charge in [-0.3, -0.25) is 4.99 Å². The average Bonchev–Trinajstić information content (AvgIpc) is 3.31. The number of benzene rings is 1. The standard InChI is InChI=1S/C19H26N4S.HI/c1-15(18-9-6-12-24-18)13-21-19(20-2)22-16-10-11-23(14-16)17-7-4-3-5-8-17;/h3-9,12,15-16H,10-11,13-14H2,1-2H3,(H2,20,21,22);1H. The van der Waals surface area contributed by atoms with E-state index in [1.54, 1.807) is 0 Å². The highest BCUT2D eigenvalue weighted by Crippen LogP contribution is 2.20. The van der Waals surface area contributed by atoms with Crippen molar-refractivity contribution in [3.8, 4) is 0 Å². The third kappa shape index (κ3) is 5.60. The van der Waals surface area contributed by atoms with Gasteiger partial charge in [-0.2, -0.15) is 0 Å². The fraction of sp³-hybridized carbons (Fsp3) is 0.421. The Hall–Kier alpha value is -1.28. The second kappa shape index (κ2) is 10.0. The Labute approximate surface area is 171 Å². The first-order valence-corrected chi connectivity index (χ1v) is 9.45. The molecule has 0 spiro atoms. The maximum Gasteiger partial charge on any atom is 0.191 e. The lowest BCUT2D eigenvalue weighted by atomic mass is 10.1. The van der Waals surface area contributed by atoms with E-state index in [-0.39, 0.29) is 24.0 Å². The Kier molecular flexibility index (Phi) is 8.02. The first kappa shape index (κ1) is 20.0. The van der Waals surface area contributed by atoms with Crippen molar-refractivity contribution in [2.24, 2.45) is 4.99 Å². The number of nitrogens with one attached hydrogen (secondary N) is 2. The third-order valence-corrected chi connectivity index (χ3v) is 5.58. The van der Waals surface area contributed by atoms with Crippen LogP contribution in [0.2, 0.25) is 0 Å². The first-order valence-electron chi connectivity index (χ1n) is 8.57. The van der Waals surface area contributed by atoms with Crippen LogP contribution in [-0.2, 0) is 0 Å². The third-order valence-electron chi connectivity index (χ3n) is 4.48. The summed E-state index contributed by atoms with van der Waals surface area (Å²) in [7, 11) is 1.84. The Balaban J connectivity index is 0.00000225. The number of anilines is 1. The molecule has 1 fully saturated rings. The monoisotopic (exact) mass is 470 g/mol. The fourth-order valence-corrected chi connectivity index (χ4v) is 3.85. The molecular formula is C19H27IN4S. The van der Waals surface area contributed by atoms with E-state index >= 15 is 0 Å². The van der Waals surface area contributed by atoms with Crippen molar-refractivity contribution in [2.75, 3.05) is 31.6 Å². The number of guanidine groups is 1. The number of rotatable bonds is 5. The number of aliphatic imine (C=N–C) groups is 1. The fourth-order valence-electron chi connectivity index (χ4n) is 3.06.